The van der Waals surface area contributed by atoms with Crippen molar-refractivity contribution in [3.8, 4) is 0 Å². The van der Waals surface area contributed by atoms with Crippen LogP contribution in [0.1, 0.15) is 5.82 Å². The van der Waals surface area contributed by atoms with E-state index in [0.717, 1.165) is 6.07 Å². The normalized spacial score (nSPS) is 10.5. The number of nitrogens with one attached hydrogen (secondary N) is 1. The Hall–Kier alpha value is -1.82. The van der Waals surface area contributed by atoms with E-state index in [4.69, 9.17) is 11.6 Å². The first-order valence-electron chi connectivity index (χ1n) is 4.88. The Labute approximate surface area is 106 Å². The van der Waals surface area contributed by atoms with Gasteiger partial charge in [0, 0.05) is 18.2 Å². The summed E-state index contributed by atoms with van der Waals surface area (Å²) in [6, 6.07) is 2.60. The first kappa shape index (κ1) is 12.6. The standard InChI is InChI=1S/C11H7ClF3N3/c1-5-16-9(12)4-10(17-5)18-8-3-6(13)2-7(14)11(8)15/h2-4H,1H3,(H,16,17,18). The van der Waals surface area contributed by atoms with Gasteiger partial charge in [-0.3, -0.25) is 0 Å². The molecule has 2 rings (SSSR count). The molecule has 7 heteroatoms. The molecule has 0 spiro atoms. The van der Waals surface area contributed by atoms with Gasteiger partial charge in [0.05, 0.1) is 5.69 Å². The van der Waals surface area contributed by atoms with Crippen molar-refractivity contribution in [1.82, 2.24) is 9.97 Å². The summed E-state index contributed by atoms with van der Waals surface area (Å²) in [6.07, 6.45) is 0. The van der Waals surface area contributed by atoms with Crippen LogP contribution in [0.2, 0.25) is 5.15 Å². The van der Waals surface area contributed by atoms with E-state index in [2.05, 4.69) is 15.3 Å². The first-order valence-corrected chi connectivity index (χ1v) is 5.26. The second-order valence-electron chi connectivity index (χ2n) is 3.50. The Bertz CT molecular complexity index is 584. The fraction of sp³-hybridized carbons (Fsp3) is 0.0909. The number of rotatable bonds is 2. The van der Waals surface area contributed by atoms with Gasteiger partial charge in [0.25, 0.3) is 0 Å². The van der Waals surface area contributed by atoms with Gasteiger partial charge in [-0.1, -0.05) is 11.6 Å². The Balaban J connectivity index is 2.39. The van der Waals surface area contributed by atoms with Crippen LogP contribution in [0, 0.1) is 24.4 Å². The number of nitrogens with zero attached hydrogens (tertiary/aromatic N) is 2. The number of anilines is 2. The molecule has 0 fully saturated rings. The molecule has 0 saturated carbocycles. The number of aryl methyl sites for hydroxylation is 1. The van der Waals surface area contributed by atoms with Crippen molar-refractivity contribution < 1.29 is 13.2 Å². The fourth-order valence-electron chi connectivity index (χ4n) is 1.38. The molecule has 94 valence electrons. The van der Waals surface area contributed by atoms with Gasteiger partial charge in [-0.15, -0.1) is 0 Å². The van der Waals surface area contributed by atoms with E-state index in [-0.39, 0.29) is 16.7 Å². The maximum Gasteiger partial charge on any atom is 0.182 e. The van der Waals surface area contributed by atoms with E-state index in [0.29, 0.717) is 11.9 Å². The molecule has 0 radical (unpaired) electrons. The van der Waals surface area contributed by atoms with Crippen molar-refractivity contribution in [3.63, 3.8) is 0 Å². The molecule has 0 aliphatic rings. The fourth-order valence-corrected chi connectivity index (χ4v) is 1.61. The van der Waals surface area contributed by atoms with Crippen LogP contribution in [0.5, 0.6) is 0 Å². The first-order chi connectivity index (χ1) is 8.45. The molecule has 1 aromatic carbocycles. The van der Waals surface area contributed by atoms with Gasteiger partial charge in [0.1, 0.15) is 22.6 Å². The molecule has 1 heterocycles. The van der Waals surface area contributed by atoms with Gasteiger partial charge >= 0.3 is 0 Å². The molecule has 0 amide bonds. The predicted molar refractivity (Wildman–Crippen MR) is 61.4 cm³/mol. The minimum absolute atomic E-state index is 0.141. The highest BCUT2D eigenvalue weighted by Gasteiger charge is 2.12. The van der Waals surface area contributed by atoms with Crippen molar-refractivity contribution in [2.75, 3.05) is 5.32 Å². The maximum atomic E-state index is 13.4. The second-order valence-corrected chi connectivity index (χ2v) is 3.88. The lowest BCUT2D eigenvalue weighted by Gasteiger charge is -2.08. The number of aromatic nitrogens is 2. The van der Waals surface area contributed by atoms with Gasteiger partial charge in [0.15, 0.2) is 11.6 Å². The Kier molecular flexibility index (Phi) is 3.38. The second kappa shape index (κ2) is 4.81. The molecule has 0 aliphatic carbocycles. The van der Waals surface area contributed by atoms with E-state index >= 15 is 0 Å². The smallest absolute Gasteiger partial charge is 0.182 e. The van der Waals surface area contributed by atoms with E-state index in [1.807, 2.05) is 0 Å². The van der Waals surface area contributed by atoms with E-state index < -0.39 is 17.5 Å². The molecule has 1 aromatic heterocycles. The van der Waals surface area contributed by atoms with Crippen LogP contribution >= 0.6 is 11.6 Å². The van der Waals surface area contributed by atoms with Crippen LogP contribution in [0.15, 0.2) is 18.2 Å². The highest BCUT2D eigenvalue weighted by molar-refractivity contribution is 6.29. The average molecular weight is 274 g/mol. The largest absolute Gasteiger partial charge is 0.338 e. The molecule has 18 heavy (non-hydrogen) atoms. The average Bonchev–Trinajstić information content (AvgIpc) is 2.23. The molecular formula is C11H7ClF3N3. The number of hydrogen-bond acceptors (Lipinski definition) is 3. The highest BCUT2D eigenvalue weighted by Crippen LogP contribution is 2.23. The summed E-state index contributed by atoms with van der Waals surface area (Å²) in [7, 11) is 0. The summed E-state index contributed by atoms with van der Waals surface area (Å²) in [5.74, 6) is -2.87. The summed E-state index contributed by atoms with van der Waals surface area (Å²) in [5.41, 5.74) is -0.360. The SMILES string of the molecule is Cc1nc(Cl)cc(Nc2cc(F)cc(F)c2F)n1. The number of hydrogen-bond donors (Lipinski definition) is 1. The lowest BCUT2D eigenvalue weighted by atomic mass is 10.3. The van der Waals surface area contributed by atoms with E-state index in [9.17, 15) is 13.2 Å². The molecule has 1 N–H and O–H groups in total. The van der Waals surface area contributed by atoms with Gasteiger partial charge in [-0.05, 0) is 6.92 Å². The summed E-state index contributed by atoms with van der Waals surface area (Å²) >= 11 is 5.69. The molecule has 0 unspecified atom stereocenters. The van der Waals surface area contributed by atoms with E-state index in [1.54, 1.807) is 6.92 Å². The zero-order chi connectivity index (χ0) is 13.3. The van der Waals surface area contributed by atoms with Crippen LogP contribution in [0.3, 0.4) is 0 Å². The van der Waals surface area contributed by atoms with Crippen molar-refractivity contribution in [1.29, 1.82) is 0 Å². The van der Waals surface area contributed by atoms with Crippen LogP contribution in [0.25, 0.3) is 0 Å². The van der Waals surface area contributed by atoms with Crippen LogP contribution < -0.4 is 5.32 Å². The molecule has 0 bridgehead atoms. The van der Waals surface area contributed by atoms with Gasteiger partial charge in [0.2, 0.25) is 0 Å². The summed E-state index contributed by atoms with van der Waals surface area (Å²) < 4.78 is 39.3. The minimum Gasteiger partial charge on any atom is -0.338 e. The van der Waals surface area contributed by atoms with Crippen molar-refractivity contribution in [3.05, 3.63) is 46.6 Å². The highest BCUT2D eigenvalue weighted by atomic mass is 35.5. The van der Waals surface area contributed by atoms with Crippen LogP contribution in [0.4, 0.5) is 24.7 Å². The predicted octanol–water partition coefficient (Wildman–Crippen LogP) is 3.60. The van der Waals surface area contributed by atoms with Crippen LogP contribution in [-0.2, 0) is 0 Å². The molecule has 3 nitrogen and oxygen atoms in total. The zero-order valence-electron chi connectivity index (χ0n) is 9.14. The molecule has 0 atom stereocenters. The van der Waals surface area contributed by atoms with Crippen molar-refractivity contribution in [2.24, 2.45) is 0 Å². The molecule has 0 saturated heterocycles. The van der Waals surface area contributed by atoms with Crippen molar-refractivity contribution >= 4 is 23.1 Å². The summed E-state index contributed by atoms with van der Waals surface area (Å²) in [5, 5.41) is 2.59. The van der Waals surface area contributed by atoms with Gasteiger partial charge in [-0.2, -0.15) is 0 Å². The lowest BCUT2D eigenvalue weighted by molar-refractivity contribution is 0.498. The quantitative estimate of drug-likeness (QED) is 0.671. The van der Waals surface area contributed by atoms with E-state index in [1.165, 1.54) is 6.07 Å². The van der Waals surface area contributed by atoms with Crippen LogP contribution in [-0.4, -0.2) is 9.97 Å². The minimum atomic E-state index is -1.28. The topological polar surface area (TPSA) is 37.8 Å². The Morgan fingerprint density at radius 1 is 1.11 bits per heavy atom. The van der Waals surface area contributed by atoms with Gasteiger partial charge in [-0.25, -0.2) is 23.1 Å². The Morgan fingerprint density at radius 3 is 2.50 bits per heavy atom. The molecular weight excluding hydrogens is 267 g/mol. The summed E-state index contributed by atoms with van der Waals surface area (Å²) in [6.45, 7) is 1.58. The lowest BCUT2D eigenvalue weighted by Crippen LogP contribution is -2.01. The maximum absolute atomic E-state index is 13.4. The third-order valence-corrected chi connectivity index (χ3v) is 2.26. The monoisotopic (exact) mass is 273 g/mol. The third-order valence-electron chi connectivity index (χ3n) is 2.06. The van der Waals surface area contributed by atoms with Gasteiger partial charge < -0.3 is 5.32 Å². The molecule has 0 aliphatic heterocycles. The van der Waals surface area contributed by atoms with Crippen molar-refractivity contribution in [2.45, 2.75) is 6.92 Å². The zero-order valence-corrected chi connectivity index (χ0v) is 9.89. The third kappa shape index (κ3) is 2.70. The molecule has 2 aromatic rings. The number of benzene rings is 1. The Morgan fingerprint density at radius 2 is 1.83 bits per heavy atom. The number of halogens is 4. The summed E-state index contributed by atoms with van der Waals surface area (Å²) in [4.78, 5) is 7.72.